The Morgan fingerprint density at radius 1 is 1.50 bits per heavy atom. The quantitative estimate of drug-likeness (QED) is 0.909. The molecular weight excluding hydrogens is 253 g/mol. The van der Waals surface area contributed by atoms with Crippen LogP contribution in [0.5, 0.6) is 0 Å². The molecule has 1 aromatic carbocycles. The molecule has 0 saturated heterocycles. The lowest BCUT2D eigenvalue weighted by Gasteiger charge is -2.14. The molecule has 0 saturated carbocycles. The maximum absolute atomic E-state index is 12.9. The van der Waals surface area contributed by atoms with Crippen molar-refractivity contribution >= 4 is 27.1 Å². The van der Waals surface area contributed by atoms with Crippen LogP contribution < -0.4 is 5.32 Å². The molecule has 0 amide bonds. The van der Waals surface area contributed by atoms with Crippen LogP contribution in [0.2, 0.25) is 5.02 Å². The van der Waals surface area contributed by atoms with Crippen molar-refractivity contribution in [2.45, 2.75) is 13.0 Å². The van der Waals surface area contributed by atoms with Crippen molar-refractivity contribution in [2.24, 2.45) is 0 Å². The van der Waals surface area contributed by atoms with Gasteiger partial charge in [0, 0.05) is 18.0 Å². The summed E-state index contributed by atoms with van der Waals surface area (Å²) >= 11 is 5.60. The zero-order valence-electron chi connectivity index (χ0n) is 9.00. The van der Waals surface area contributed by atoms with E-state index in [-0.39, 0.29) is 16.8 Å². The van der Waals surface area contributed by atoms with Gasteiger partial charge in [0.25, 0.3) is 0 Å². The second-order valence-corrected chi connectivity index (χ2v) is 6.36. The predicted octanol–water partition coefficient (Wildman–Crippen LogP) is 2.32. The molecule has 6 heteroatoms. The summed E-state index contributed by atoms with van der Waals surface area (Å²) in [6, 6.07) is 3.92. The van der Waals surface area contributed by atoms with Gasteiger partial charge in [0.05, 0.1) is 10.8 Å². The first-order valence-electron chi connectivity index (χ1n) is 4.67. The van der Waals surface area contributed by atoms with Crippen molar-refractivity contribution in [2.75, 3.05) is 17.3 Å². The number of sulfone groups is 1. The summed E-state index contributed by atoms with van der Waals surface area (Å²) in [4.78, 5) is 0. The van der Waals surface area contributed by atoms with Gasteiger partial charge in [-0.2, -0.15) is 0 Å². The van der Waals surface area contributed by atoms with E-state index in [0.717, 1.165) is 0 Å². The molecule has 3 nitrogen and oxygen atoms in total. The Morgan fingerprint density at radius 3 is 2.62 bits per heavy atom. The molecule has 1 atom stereocenters. The number of rotatable bonds is 4. The monoisotopic (exact) mass is 265 g/mol. The molecule has 0 aliphatic rings. The SMILES string of the molecule is CC(CS(C)(=O)=O)Nc1ccc(F)c(Cl)c1. The lowest BCUT2D eigenvalue weighted by atomic mass is 10.3. The zero-order valence-corrected chi connectivity index (χ0v) is 10.6. The molecule has 1 rings (SSSR count). The minimum atomic E-state index is -3.03. The third-order valence-corrected chi connectivity index (χ3v) is 3.28. The van der Waals surface area contributed by atoms with E-state index in [1.165, 1.54) is 24.5 Å². The van der Waals surface area contributed by atoms with Gasteiger partial charge in [0.2, 0.25) is 0 Å². The van der Waals surface area contributed by atoms with E-state index in [0.29, 0.717) is 5.69 Å². The van der Waals surface area contributed by atoms with Gasteiger partial charge in [-0.15, -0.1) is 0 Å². The standard InChI is InChI=1S/C10H13ClFNO2S/c1-7(6-16(2,14)15)13-8-3-4-10(12)9(11)5-8/h3-5,7,13H,6H2,1-2H3. The van der Waals surface area contributed by atoms with E-state index < -0.39 is 15.7 Å². The highest BCUT2D eigenvalue weighted by molar-refractivity contribution is 7.90. The van der Waals surface area contributed by atoms with Crippen LogP contribution in [-0.2, 0) is 9.84 Å². The molecule has 90 valence electrons. The van der Waals surface area contributed by atoms with Gasteiger partial charge in [-0.05, 0) is 25.1 Å². The fourth-order valence-corrected chi connectivity index (χ4v) is 2.54. The Labute approximate surface area is 99.5 Å². The minimum absolute atomic E-state index is 0.0107. The molecule has 0 aromatic heterocycles. The Balaban J connectivity index is 2.70. The molecule has 0 bridgehead atoms. The normalized spacial score (nSPS) is 13.5. The van der Waals surface area contributed by atoms with Crippen LogP contribution in [0.25, 0.3) is 0 Å². The van der Waals surface area contributed by atoms with Gasteiger partial charge in [-0.3, -0.25) is 0 Å². The average molecular weight is 266 g/mol. The third kappa shape index (κ3) is 4.37. The molecule has 1 unspecified atom stereocenters. The van der Waals surface area contributed by atoms with E-state index in [4.69, 9.17) is 11.6 Å². The van der Waals surface area contributed by atoms with Crippen molar-refractivity contribution in [3.63, 3.8) is 0 Å². The van der Waals surface area contributed by atoms with Crippen molar-refractivity contribution in [1.82, 2.24) is 0 Å². The van der Waals surface area contributed by atoms with Gasteiger partial charge >= 0.3 is 0 Å². The van der Waals surface area contributed by atoms with E-state index >= 15 is 0 Å². The van der Waals surface area contributed by atoms with E-state index in [1.54, 1.807) is 6.92 Å². The average Bonchev–Trinajstić information content (AvgIpc) is 2.08. The molecular formula is C10H13ClFNO2S. The largest absolute Gasteiger partial charge is 0.382 e. The molecule has 0 spiro atoms. The summed E-state index contributed by atoms with van der Waals surface area (Å²) in [5.41, 5.74) is 0.600. The van der Waals surface area contributed by atoms with Crippen LogP contribution in [0.3, 0.4) is 0 Å². The Hall–Kier alpha value is -0.810. The molecule has 1 N–H and O–H groups in total. The molecule has 0 radical (unpaired) electrons. The number of benzene rings is 1. The molecule has 0 heterocycles. The van der Waals surface area contributed by atoms with Gasteiger partial charge in [-0.1, -0.05) is 11.6 Å². The second-order valence-electron chi connectivity index (χ2n) is 3.77. The van der Waals surface area contributed by atoms with E-state index in [9.17, 15) is 12.8 Å². The fraction of sp³-hybridized carbons (Fsp3) is 0.400. The summed E-state index contributed by atoms with van der Waals surface area (Å²) < 4.78 is 34.9. The molecule has 0 aliphatic carbocycles. The van der Waals surface area contributed by atoms with Crippen molar-refractivity contribution in [3.05, 3.63) is 29.0 Å². The second kappa shape index (κ2) is 5.01. The van der Waals surface area contributed by atoms with Crippen LogP contribution in [0.4, 0.5) is 10.1 Å². The summed E-state index contributed by atoms with van der Waals surface area (Å²) in [6.07, 6.45) is 1.17. The summed E-state index contributed by atoms with van der Waals surface area (Å²) in [7, 11) is -3.03. The van der Waals surface area contributed by atoms with Gasteiger partial charge in [-0.25, -0.2) is 12.8 Å². The Morgan fingerprint density at radius 2 is 2.12 bits per heavy atom. The first kappa shape index (κ1) is 13.3. The maximum atomic E-state index is 12.9. The van der Waals surface area contributed by atoms with Crippen LogP contribution in [0.1, 0.15) is 6.92 Å². The van der Waals surface area contributed by atoms with E-state index in [2.05, 4.69) is 5.32 Å². The number of halogens is 2. The van der Waals surface area contributed by atoms with Gasteiger partial charge in [0.1, 0.15) is 15.7 Å². The lowest BCUT2D eigenvalue weighted by molar-refractivity contribution is 0.598. The Bertz CT molecular complexity index is 476. The highest BCUT2D eigenvalue weighted by Crippen LogP contribution is 2.19. The molecule has 0 fully saturated rings. The lowest BCUT2D eigenvalue weighted by Crippen LogP contribution is -2.24. The smallest absolute Gasteiger partial charge is 0.149 e. The number of anilines is 1. The summed E-state index contributed by atoms with van der Waals surface area (Å²) in [5, 5.41) is 2.95. The van der Waals surface area contributed by atoms with Crippen LogP contribution >= 0.6 is 11.6 Å². The van der Waals surface area contributed by atoms with Gasteiger partial charge < -0.3 is 5.32 Å². The Kier molecular flexibility index (Phi) is 4.15. The summed E-state index contributed by atoms with van der Waals surface area (Å²) in [5.74, 6) is -0.481. The third-order valence-electron chi connectivity index (χ3n) is 1.89. The number of hydrogen-bond donors (Lipinski definition) is 1. The zero-order chi connectivity index (χ0) is 12.3. The topological polar surface area (TPSA) is 46.2 Å². The molecule has 16 heavy (non-hydrogen) atoms. The minimum Gasteiger partial charge on any atom is -0.382 e. The van der Waals surface area contributed by atoms with Gasteiger partial charge in [0.15, 0.2) is 0 Å². The first-order chi connectivity index (χ1) is 7.28. The van der Waals surface area contributed by atoms with Crippen molar-refractivity contribution < 1.29 is 12.8 Å². The van der Waals surface area contributed by atoms with Crippen molar-refractivity contribution in [3.8, 4) is 0 Å². The number of nitrogens with one attached hydrogen (secondary N) is 1. The highest BCUT2D eigenvalue weighted by atomic mass is 35.5. The predicted molar refractivity (Wildman–Crippen MR) is 64.2 cm³/mol. The maximum Gasteiger partial charge on any atom is 0.149 e. The van der Waals surface area contributed by atoms with Crippen LogP contribution in [0.15, 0.2) is 18.2 Å². The molecule has 1 aromatic rings. The summed E-state index contributed by atoms with van der Waals surface area (Å²) in [6.45, 7) is 1.73. The van der Waals surface area contributed by atoms with E-state index in [1.807, 2.05) is 0 Å². The molecule has 0 aliphatic heterocycles. The fourth-order valence-electron chi connectivity index (χ4n) is 1.37. The first-order valence-corrected chi connectivity index (χ1v) is 7.11. The van der Waals surface area contributed by atoms with Crippen LogP contribution in [-0.4, -0.2) is 26.5 Å². The van der Waals surface area contributed by atoms with Crippen molar-refractivity contribution in [1.29, 1.82) is 0 Å². The van der Waals surface area contributed by atoms with Crippen LogP contribution in [0, 0.1) is 5.82 Å². The highest BCUT2D eigenvalue weighted by Gasteiger charge is 2.10. The number of hydrogen-bond acceptors (Lipinski definition) is 3.